The first-order valence-electron chi connectivity index (χ1n) is 7.40. The van der Waals surface area contributed by atoms with Crippen molar-refractivity contribution >= 4 is 15.9 Å². The van der Waals surface area contributed by atoms with Crippen LogP contribution in [0, 0.1) is 12.3 Å². The van der Waals surface area contributed by atoms with Crippen molar-refractivity contribution in [3.05, 3.63) is 29.8 Å². The number of carbonyl (C=O) groups is 1. The number of carbonyl (C=O) groups excluding carboxylic acids is 1. The lowest BCUT2D eigenvalue weighted by Gasteiger charge is -2.22. The van der Waals surface area contributed by atoms with Crippen LogP contribution >= 0.6 is 0 Å². The summed E-state index contributed by atoms with van der Waals surface area (Å²) in [5.41, 5.74) is 0.952. The molecule has 0 heterocycles. The van der Waals surface area contributed by atoms with Crippen LogP contribution in [0.25, 0.3) is 0 Å². The molecule has 0 aliphatic carbocycles. The molecule has 124 valence electrons. The third kappa shape index (κ3) is 5.42. The Morgan fingerprint density at radius 1 is 1.18 bits per heavy atom. The maximum atomic E-state index is 12.6. The number of nitrogens with zero attached hydrogens (tertiary/aromatic N) is 1. The van der Waals surface area contributed by atoms with E-state index in [0.29, 0.717) is 6.54 Å². The van der Waals surface area contributed by atoms with E-state index in [2.05, 4.69) is 5.32 Å². The summed E-state index contributed by atoms with van der Waals surface area (Å²) >= 11 is 0. The molecule has 6 heteroatoms. The molecular formula is C16H26N2O3S. The Morgan fingerprint density at radius 3 is 2.18 bits per heavy atom. The summed E-state index contributed by atoms with van der Waals surface area (Å²) in [7, 11) is -3.64. The third-order valence-corrected chi connectivity index (χ3v) is 5.08. The first-order valence-corrected chi connectivity index (χ1v) is 8.84. The van der Waals surface area contributed by atoms with Crippen molar-refractivity contribution in [1.29, 1.82) is 0 Å². The molecule has 0 radical (unpaired) electrons. The molecule has 0 aromatic heterocycles. The van der Waals surface area contributed by atoms with Crippen molar-refractivity contribution in [2.45, 2.75) is 39.5 Å². The van der Waals surface area contributed by atoms with Crippen molar-refractivity contribution < 1.29 is 13.2 Å². The highest BCUT2D eigenvalue weighted by Crippen LogP contribution is 2.16. The van der Waals surface area contributed by atoms with Crippen LogP contribution in [0.5, 0.6) is 0 Å². The summed E-state index contributed by atoms with van der Waals surface area (Å²) in [5.74, 6) is -0.285. The summed E-state index contributed by atoms with van der Waals surface area (Å²) in [6.07, 6.45) is 0. The van der Waals surface area contributed by atoms with Crippen LogP contribution in [0.2, 0.25) is 0 Å². The number of hydrogen-bond donors (Lipinski definition) is 1. The van der Waals surface area contributed by atoms with Gasteiger partial charge in [-0.1, -0.05) is 45.4 Å². The highest BCUT2D eigenvalue weighted by molar-refractivity contribution is 7.89. The monoisotopic (exact) mass is 326 g/mol. The van der Waals surface area contributed by atoms with Gasteiger partial charge in [0, 0.05) is 13.1 Å². The first-order chi connectivity index (χ1) is 10.1. The molecule has 1 rings (SSSR count). The minimum absolute atomic E-state index is 0.0392. The lowest BCUT2D eigenvalue weighted by Crippen LogP contribution is -2.42. The second kappa shape index (κ2) is 7.24. The zero-order chi connectivity index (χ0) is 17.0. The number of aryl methyl sites for hydroxylation is 1. The quantitative estimate of drug-likeness (QED) is 0.871. The Bertz CT molecular complexity index is 601. The maximum absolute atomic E-state index is 12.6. The van der Waals surface area contributed by atoms with Crippen molar-refractivity contribution in [1.82, 2.24) is 9.62 Å². The number of rotatable bonds is 6. The van der Waals surface area contributed by atoms with Gasteiger partial charge in [-0.05, 0) is 24.5 Å². The lowest BCUT2D eigenvalue weighted by molar-refractivity contribution is -0.121. The Morgan fingerprint density at radius 2 is 1.73 bits per heavy atom. The van der Waals surface area contributed by atoms with E-state index in [1.54, 1.807) is 31.2 Å². The molecule has 1 aromatic carbocycles. The van der Waals surface area contributed by atoms with E-state index in [9.17, 15) is 13.2 Å². The highest BCUT2D eigenvalue weighted by atomic mass is 32.2. The van der Waals surface area contributed by atoms with Crippen molar-refractivity contribution in [2.24, 2.45) is 5.41 Å². The number of hydrogen-bond acceptors (Lipinski definition) is 3. The average Bonchev–Trinajstić information content (AvgIpc) is 2.42. The molecule has 1 aromatic rings. The molecule has 0 fully saturated rings. The first kappa shape index (κ1) is 18.6. The van der Waals surface area contributed by atoms with Crippen molar-refractivity contribution in [3.8, 4) is 0 Å². The summed E-state index contributed by atoms with van der Waals surface area (Å²) in [6, 6.07) is 6.64. The summed E-state index contributed by atoms with van der Waals surface area (Å²) in [4.78, 5) is 12.2. The van der Waals surface area contributed by atoms with Crippen LogP contribution in [0.15, 0.2) is 29.2 Å². The molecule has 0 unspecified atom stereocenters. The highest BCUT2D eigenvalue weighted by Gasteiger charge is 2.25. The van der Waals surface area contributed by atoms with Crippen LogP contribution in [0.3, 0.4) is 0 Å². The number of likely N-dealkylation sites (N-methyl/N-ethyl adjacent to an activating group) is 1. The van der Waals surface area contributed by atoms with Gasteiger partial charge in [0.05, 0.1) is 11.4 Å². The zero-order valence-electron chi connectivity index (χ0n) is 14.0. The number of nitrogens with one attached hydrogen (secondary N) is 1. The van der Waals surface area contributed by atoms with Crippen LogP contribution < -0.4 is 5.32 Å². The Hall–Kier alpha value is -1.40. The van der Waals surface area contributed by atoms with Gasteiger partial charge in [-0.25, -0.2) is 8.42 Å². The standard InChI is InChI=1S/C16H26N2O3S/c1-6-18(11-15(19)17-12-16(3,4)5)22(20,21)14-9-7-13(2)8-10-14/h7-10H,6,11-12H2,1-5H3,(H,17,19). The average molecular weight is 326 g/mol. The van der Waals surface area contributed by atoms with E-state index in [4.69, 9.17) is 0 Å². The van der Waals surface area contributed by atoms with E-state index < -0.39 is 10.0 Å². The molecule has 22 heavy (non-hydrogen) atoms. The molecule has 0 aliphatic rings. The van der Waals surface area contributed by atoms with Gasteiger partial charge in [0.15, 0.2) is 0 Å². The van der Waals surface area contributed by atoms with Gasteiger partial charge in [0.1, 0.15) is 0 Å². The fraction of sp³-hybridized carbons (Fsp3) is 0.562. The minimum atomic E-state index is -3.64. The molecule has 0 saturated heterocycles. The van der Waals surface area contributed by atoms with Crippen LogP contribution in [-0.4, -0.2) is 38.3 Å². The molecule has 1 N–H and O–H groups in total. The summed E-state index contributed by atoms with van der Waals surface area (Å²) in [6.45, 7) is 10.2. The molecule has 0 aliphatic heterocycles. The Kier molecular flexibility index (Phi) is 6.14. The molecule has 0 atom stereocenters. The van der Waals surface area contributed by atoms with Gasteiger partial charge in [0.25, 0.3) is 0 Å². The van der Waals surface area contributed by atoms with E-state index in [-0.39, 0.29) is 29.3 Å². The van der Waals surface area contributed by atoms with E-state index in [1.807, 2.05) is 27.7 Å². The molecule has 0 bridgehead atoms. The van der Waals surface area contributed by atoms with Gasteiger partial charge in [-0.3, -0.25) is 4.79 Å². The summed E-state index contributed by atoms with van der Waals surface area (Å²) in [5, 5.41) is 2.78. The predicted molar refractivity (Wildman–Crippen MR) is 88.1 cm³/mol. The Labute approximate surface area is 133 Å². The largest absolute Gasteiger partial charge is 0.354 e. The van der Waals surface area contributed by atoms with Crippen LogP contribution in [0.1, 0.15) is 33.3 Å². The van der Waals surface area contributed by atoms with Crippen LogP contribution in [-0.2, 0) is 14.8 Å². The van der Waals surface area contributed by atoms with Gasteiger partial charge >= 0.3 is 0 Å². The molecule has 0 saturated carbocycles. The third-order valence-electron chi connectivity index (χ3n) is 3.15. The Balaban J connectivity index is 2.82. The zero-order valence-corrected chi connectivity index (χ0v) is 14.8. The molecule has 1 amide bonds. The van der Waals surface area contributed by atoms with E-state index in [0.717, 1.165) is 5.56 Å². The SMILES string of the molecule is CCN(CC(=O)NCC(C)(C)C)S(=O)(=O)c1ccc(C)cc1. The smallest absolute Gasteiger partial charge is 0.243 e. The van der Waals surface area contributed by atoms with Gasteiger partial charge in [0.2, 0.25) is 15.9 Å². The lowest BCUT2D eigenvalue weighted by atomic mass is 9.97. The second-order valence-corrected chi connectivity index (χ2v) is 8.52. The molecule has 5 nitrogen and oxygen atoms in total. The van der Waals surface area contributed by atoms with Gasteiger partial charge in [-0.2, -0.15) is 4.31 Å². The van der Waals surface area contributed by atoms with E-state index >= 15 is 0 Å². The van der Waals surface area contributed by atoms with Crippen molar-refractivity contribution in [2.75, 3.05) is 19.6 Å². The maximum Gasteiger partial charge on any atom is 0.243 e. The van der Waals surface area contributed by atoms with E-state index in [1.165, 1.54) is 4.31 Å². The fourth-order valence-electron chi connectivity index (χ4n) is 1.81. The van der Waals surface area contributed by atoms with Crippen molar-refractivity contribution in [3.63, 3.8) is 0 Å². The fourth-order valence-corrected chi connectivity index (χ4v) is 3.21. The minimum Gasteiger partial charge on any atom is -0.354 e. The number of amides is 1. The van der Waals surface area contributed by atoms with Gasteiger partial charge < -0.3 is 5.32 Å². The molecular weight excluding hydrogens is 300 g/mol. The normalized spacial score (nSPS) is 12.5. The molecule has 0 spiro atoms. The number of benzene rings is 1. The summed E-state index contributed by atoms with van der Waals surface area (Å²) < 4.78 is 26.3. The van der Waals surface area contributed by atoms with Gasteiger partial charge in [-0.15, -0.1) is 0 Å². The predicted octanol–water partition coefficient (Wildman–Crippen LogP) is 2.17. The number of sulfonamides is 1. The van der Waals surface area contributed by atoms with Crippen LogP contribution in [0.4, 0.5) is 0 Å². The second-order valence-electron chi connectivity index (χ2n) is 6.58. The topological polar surface area (TPSA) is 66.5 Å².